The lowest BCUT2D eigenvalue weighted by molar-refractivity contribution is -0.120. The monoisotopic (exact) mass is 398 g/mol. The predicted octanol–water partition coefficient (Wildman–Crippen LogP) is 1.95. The number of carbonyl (C=O) groups is 2. The highest BCUT2D eigenvalue weighted by Gasteiger charge is 2.12. The van der Waals surface area contributed by atoms with Gasteiger partial charge in [-0.2, -0.15) is 0 Å². The van der Waals surface area contributed by atoms with Crippen molar-refractivity contribution in [1.82, 2.24) is 15.3 Å². The summed E-state index contributed by atoms with van der Waals surface area (Å²) in [6.07, 6.45) is 1.43. The lowest BCUT2D eigenvalue weighted by atomic mass is 10.2. The van der Waals surface area contributed by atoms with E-state index in [4.69, 9.17) is 4.74 Å². The molecule has 0 aliphatic carbocycles. The van der Waals surface area contributed by atoms with Gasteiger partial charge in [0.1, 0.15) is 5.75 Å². The van der Waals surface area contributed by atoms with E-state index in [1.165, 1.54) is 29.7 Å². The van der Waals surface area contributed by atoms with Crippen LogP contribution in [0.2, 0.25) is 0 Å². The fourth-order valence-corrected chi connectivity index (χ4v) is 3.14. The lowest BCUT2D eigenvalue weighted by Gasteiger charge is -2.09. The zero-order chi connectivity index (χ0) is 19.9. The topological polar surface area (TPSA) is 113 Å². The fraction of sp³-hybridized carbons (Fsp3) is 0.158. The van der Waals surface area contributed by atoms with Crippen LogP contribution in [0.3, 0.4) is 0 Å². The number of hydrogen-bond donors (Lipinski definition) is 3. The van der Waals surface area contributed by atoms with Crippen molar-refractivity contribution in [1.29, 1.82) is 0 Å². The highest BCUT2D eigenvalue weighted by Crippen LogP contribution is 2.18. The molecule has 0 fully saturated rings. The van der Waals surface area contributed by atoms with Crippen LogP contribution in [0.5, 0.6) is 5.75 Å². The van der Waals surface area contributed by atoms with Gasteiger partial charge in [0.2, 0.25) is 11.5 Å². The van der Waals surface area contributed by atoms with Crippen LogP contribution in [0.1, 0.15) is 21.6 Å². The van der Waals surface area contributed by atoms with Crippen molar-refractivity contribution in [2.24, 2.45) is 0 Å². The van der Waals surface area contributed by atoms with Gasteiger partial charge in [0.25, 0.3) is 5.91 Å². The number of aromatic nitrogens is 2. The minimum absolute atomic E-state index is 0.0974. The van der Waals surface area contributed by atoms with Gasteiger partial charge in [0, 0.05) is 29.8 Å². The predicted molar refractivity (Wildman–Crippen MR) is 106 cm³/mol. The molecule has 0 spiro atoms. The molecule has 9 heteroatoms. The molecule has 144 valence electrons. The van der Waals surface area contributed by atoms with Gasteiger partial charge < -0.3 is 15.0 Å². The Morgan fingerprint density at radius 1 is 1.21 bits per heavy atom. The minimum Gasteiger partial charge on any atom is -0.496 e. The molecule has 0 saturated carbocycles. The quantitative estimate of drug-likeness (QED) is 0.563. The first-order valence-electron chi connectivity index (χ1n) is 8.38. The first-order valence-corrected chi connectivity index (χ1v) is 9.26. The molecule has 0 aliphatic heterocycles. The Bertz CT molecular complexity index is 1020. The molecule has 1 aromatic carbocycles. The first kappa shape index (κ1) is 19.3. The van der Waals surface area contributed by atoms with Crippen LogP contribution in [-0.4, -0.2) is 28.9 Å². The second-order valence-corrected chi connectivity index (χ2v) is 6.66. The first-order chi connectivity index (χ1) is 13.5. The maximum absolute atomic E-state index is 12.2. The Morgan fingerprint density at radius 3 is 2.79 bits per heavy atom. The third kappa shape index (κ3) is 5.04. The number of aromatic amines is 1. The van der Waals surface area contributed by atoms with Gasteiger partial charge >= 0.3 is 0 Å². The summed E-state index contributed by atoms with van der Waals surface area (Å²) in [7, 11) is 1.58. The average Bonchev–Trinajstić information content (AvgIpc) is 3.13. The number of methoxy groups -OCH3 is 1. The molecule has 3 rings (SSSR count). The second-order valence-electron chi connectivity index (χ2n) is 5.81. The number of pyridine rings is 1. The van der Waals surface area contributed by atoms with Gasteiger partial charge in [0.05, 0.1) is 24.8 Å². The fourth-order valence-electron chi connectivity index (χ4n) is 2.44. The normalized spacial score (nSPS) is 10.3. The van der Waals surface area contributed by atoms with Gasteiger partial charge in [-0.3, -0.25) is 19.7 Å². The third-order valence-electron chi connectivity index (χ3n) is 3.83. The number of H-pyrrole nitrogens is 1. The molecule has 28 heavy (non-hydrogen) atoms. The smallest absolute Gasteiger partial charge is 0.258 e. The Kier molecular flexibility index (Phi) is 6.18. The molecule has 0 unspecified atom stereocenters. The standard InChI is InChI=1S/C19H18N4O4S/c1-27-15-5-3-2-4-12(15)9-21-17(25)8-14-11-28-19(22-14)23-18(26)13-6-7-16(24)20-10-13/h2-7,10-11H,8-9H2,1H3,(H,20,24)(H,21,25)(H,22,23,26). The molecule has 2 aromatic heterocycles. The van der Waals surface area contributed by atoms with E-state index in [9.17, 15) is 14.4 Å². The number of nitrogens with zero attached hydrogens (tertiary/aromatic N) is 1. The van der Waals surface area contributed by atoms with Crippen LogP contribution in [-0.2, 0) is 17.8 Å². The molecule has 2 heterocycles. The van der Waals surface area contributed by atoms with Crippen LogP contribution in [0, 0.1) is 0 Å². The molecule has 0 atom stereocenters. The van der Waals surface area contributed by atoms with Crippen LogP contribution < -0.4 is 20.9 Å². The van der Waals surface area contributed by atoms with Crippen LogP contribution >= 0.6 is 11.3 Å². The third-order valence-corrected chi connectivity index (χ3v) is 4.64. The number of hydrogen-bond acceptors (Lipinski definition) is 6. The molecule has 2 amide bonds. The van der Waals surface area contributed by atoms with E-state index in [0.29, 0.717) is 28.7 Å². The summed E-state index contributed by atoms with van der Waals surface area (Å²) in [5.74, 6) is 0.135. The van der Waals surface area contributed by atoms with E-state index in [-0.39, 0.29) is 17.9 Å². The summed E-state index contributed by atoms with van der Waals surface area (Å²) in [4.78, 5) is 42.0. The van der Waals surface area contributed by atoms with E-state index < -0.39 is 5.91 Å². The van der Waals surface area contributed by atoms with Gasteiger partial charge in [-0.05, 0) is 12.1 Å². The number of nitrogens with one attached hydrogen (secondary N) is 3. The van der Waals surface area contributed by atoms with Crippen molar-refractivity contribution >= 4 is 28.3 Å². The van der Waals surface area contributed by atoms with Gasteiger partial charge in [-0.15, -0.1) is 11.3 Å². The molecule has 8 nitrogen and oxygen atoms in total. The maximum atomic E-state index is 12.2. The van der Waals surface area contributed by atoms with E-state index in [0.717, 1.165) is 5.56 Å². The van der Waals surface area contributed by atoms with Crippen molar-refractivity contribution in [2.45, 2.75) is 13.0 Å². The van der Waals surface area contributed by atoms with Crippen LogP contribution in [0.25, 0.3) is 0 Å². The van der Waals surface area contributed by atoms with E-state index in [2.05, 4.69) is 20.6 Å². The Morgan fingerprint density at radius 2 is 2.04 bits per heavy atom. The average molecular weight is 398 g/mol. The number of carbonyl (C=O) groups excluding carboxylic acids is 2. The molecule has 0 aliphatic rings. The molecular formula is C19H18N4O4S. The zero-order valence-electron chi connectivity index (χ0n) is 15.0. The molecule has 3 aromatic rings. The molecule has 0 radical (unpaired) electrons. The number of thiazole rings is 1. The van der Waals surface area contributed by atoms with E-state index in [1.54, 1.807) is 12.5 Å². The van der Waals surface area contributed by atoms with Crippen molar-refractivity contribution in [2.75, 3.05) is 12.4 Å². The number of para-hydroxylation sites is 1. The van der Waals surface area contributed by atoms with Crippen LogP contribution in [0.4, 0.5) is 5.13 Å². The van der Waals surface area contributed by atoms with Crippen molar-refractivity contribution in [3.05, 3.63) is 75.1 Å². The number of amides is 2. The molecule has 3 N–H and O–H groups in total. The second kappa shape index (κ2) is 8.96. The number of ether oxygens (including phenoxy) is 1. The van der Waals surface area contributed by atoms with E-state index >= 15 is 0 Å². The van der Waals surface area contributed by atoms with Gasteiger partial charge in [-0.1, -0.05) is 18.2 Å². The summed E-state index contributed by atoms with van der Waals surface area (Å²) in [6.45, 7) is 0.350. The number of benzene rings is 1. The highest BCUT2D eigenvalue weighted by atomic mass is 32.1. The lowest BCUT2D eigenvalue weighted by Crippen LogP contribution is -2.25. The Hall–Kier alpha value is -3.46. The zero-order valence-corrected chi connectivity index (χ0v) is 15.8. The SMILES string of the molecule is COc1ccccc1CNC(=O)Cc1csc(NC(=O)c2ccc(=O)[nH]c2)n1. The number of anilines is 1. The summed E-state index contributed by atoms with van der Waals surface area (Å²) in [5.41, 5.74) is 1.46. The Balaban J connectivity index is 1.53. The maximum Gasteiger partial charge on any atom is 0.258 e. The Labute approximate surface area is 164 Å². The number of rotatable bonds is 7. The minimum atomic E-state index is -0.391. The van der Waals surface area contributed by atoms with E-state index in [1.807, 2.05) is 24.3 Å². The molecule has 0 bridgehead atoms. The highest BCUT2D eigenvalue weighted by molar-refractivity contribution is 7.14. The molecular weight excluding hydrogens is 380 g/mol. The summed E-state index contributed by atoms with van der Waals surface area (Å²) in [6, 6.07) is 10.2. The summed E-state index contributed by atoms with van der Waals surface area (Å²) >= 11 is 1.22. The van der Waals surface area contributed by atoms with Crippen molar-refractivity contribution < 1.29 is 14.3 Å². The summed E-state index contributed by atoms with van der Waals surface area (Å²) < 4.78 is 5.26. The van der Waals surface area contributed by atoms with Gasteiger partial charge in [0.15, 0.2) is 5.13 Å². The van der Waals surface area contributed by atoms with Crippen molar-refractivity contribution in [3.63, 3.8) is 0 Å². The largest absolute Gasteiger partial charge is 0.496 e. The molecule has 0 saturated heterocycles. The summed E-state index contributed by atoms with van der Waals surface area (Å²) in [5, 5.41) is 7.56. The van der Waals surface area contributed by atoms with Crippen molar-refractivity contribution in [3.8, 4) is 5.75 Å². The van der Waals surface area contributed by atoms with Crippen LogP contribution in [0.15, 0.2) is 52.8 Å². The van der Waals surface area contributed by atoms with Gasteiger partial charge in [-0.25, -0.2) is 4.98 Å².